The lowest BCUT2D eigenvalue weighted by atomic mass is 9.86. The highest BCUT2D eigenvalue weighted by Crippen LogP contribution is 2.43. The molecule has 2 fully saturated rings. The number of hydrogen-bond donors (Lipinski definition) is 0. The number of rotatable bonds is 3. The number of carbonyl (C=O) groups excluding carboxylic acids is 2. The largest absolute Gasteiger partial charge is 0.375 e. The van der Waals surface area contributed by atoms with E-state index in [-0.39, 0.29) is 23.8 Å². The summed E-state index contributed by atoms with van der Waals surface area (Å²) in [6, 6.07) is 4.06. The zero-order valence-electron chi connectivity index (χ0n) is 12.4. The number of anilines is 1. The van der Waals surface area contributed by atoms with E-state index in [0.29, 0.717) is 13.0 Å². The van der Waals surface area contributed by atoms with Crippen LogP contribution < -0.4 is 4.90 Å². The number of methoxy groups -OCH3 is 1. The molecule has 0 unspecified atom stereocenters. The fourth-order valence-corrected chi connectivity index (χ4v) is 4.18. The van der Waals surface area contributed by atoms with E-state index in [9.17, 15) is 9.59 Å². The van der Waals surface area contributed by atoms with Crippen LogP contribution in [0.3, 0.4) is 0 Å². The number of thiophene rings is 1. The Labute approximate surface area is 128 Å². The van der Waals surface area contributed by atoms with Gasteiger partial charge in [-0.25, -0.2) is 0 Å². The van der Waals surface area contributed by atoms with E-state index in [0.717, 1.165) is 24.5 Å². The summed E-state index contributed by atoms with van der Waals surface area (Å²) in [5, 5.41) is 1.02. The Morgan fingerprint density at radius 1 is 1.43 bits per heavy atom. The number of amides is 2. The molecule has 2 aliphatic heterocycles. The van der Waals surface area contributed by atoms with Crippen molar-refractivity contribution in [2.75, 3.05) is 38.3 Å². The zero-order valence-corrected chi connectivity index (χ0v) is 13.2. The Bertz CT molecular complexity index is 571. The van der Waals surface area contributed by atoms with E-state index in [1.165, 1.54) is 12.0 Å². The molecule has 0 aromatic carbocycles. The molecule has 5 nitrogen and oxygen atoms in total. The summed E-state index contributed by atoms with van der Waals surface area (Å²) < 4.78 is 4.91. The van der Waals surface area contributed by atoms with Crippen molar-refractivity contribution in [3.05, 3.63) is 17.0 Å². The maximum atomic E-state index is 12.4. The van der Waals surface area contributed by atoms with Gasteiger partial charge in [-0.1, -0.05) is 0 Å². The van der Waals surface area contributed by atoms with Gasteiger partial charge in [0.25, 0.3) is 0 Å². The SMILES string of the molecule is COCC(=O)N1CC[C@@]2(CC(=O)N(c3ccc(C)s3)C2)C1. The first-order valence-corrected chi connectivity index (χ1v) is 7.98. The second-order valence-electron chi connectivity index (χ2n) is 6.04. The van der Waals surface area contributed by atoms with Gasteiger partial charge in [0, 0.05) is 43.5 Å². The molecule has 1 aromatic heterocycles. The first-order valence-electron chi connectivity index (χ1n) is 7.16. The highest BCUT2D eigenvalue weighted by atomic mass is 32.1. The third-order valence-corrected chi connectivity index (χ3v) is 5.40. The Balaban J connectivity index is 1.71. The molecule has 0 saturated carbocycles. The Hall–Kier alpha value is -1.40. The van der Waals surface area contributed by atoms with Gasteiger partial charge in [-0.15, -0.1) is 11.3 Å². The van der Waals surface area contributed by atoms with E-state index >= 15 is 0 Å². The third kappa shape index (κ3) is 2.70. The van der Waals surface area contributed by atoms with Gasteiger partial charge >= 0.3 is 0 Å². The molecule has 0 bridgehead atoms. The monoisotopic (exact) mass is 308 g/mol. The van der Waals surface area contributed by atoms with Crippen molar-refractivity contribution in [2.24, 2.45) is 5.41 Å². The molecule has 2 amide bonds. The summed E-state index contributed by atoms with van der Waals surface area (Å²) in [4.78, 5) is 29.2. The smallest absolute Gasteiger partial charge is 0.248 e. The summed E-state index contributed by atoms with van der Waals surface area (Å²) >= 11 is 1.65. The molecule has 2 saturated heterocycles. The van der Waals surface area contributed by atoms with Crippen molar-refractivity contribution in [1.29, 1.82) is 0 Å². The standard InChI is InChI=1S/C15H20N2O3S/c1-11-3-4-14(21-11)17-10-15(7-12(17)18)5-6-16(9-15)13(19)8-20-2/h3-4H,5-10H2,1-2H3/t15-/m1/s1. The Morgan fingerprint density at radius 2 is 2.24 bits per heavy atom. The molecule has 1 atom stereocenters. The minimum atomic E-state index is -0.0711. The van der Waals surface area contributed by atoms with Gasteiger partial charge in [0.15, 0.2) is 0 Å². The first-order chi connectivity index (χ1) is 10.0. The van der Waals surface area contributed by atoms with Gasteiger partial charge in [0.05, 0.1) is 5.00 Å². The number of likely N-dealkylation sites (tertiary alicyclic amines) is 1. The van der Waals surface area contributed by atoms with Crippen LogP contribution in [0.25, 0.3) is 0 Å². The second kappa shape index (κ2) is 5.42. The topological polar surface area (TPSA) is 49.9 Å². The minimum absolute atomic E-state index is 0.0206. The average molecular weight is 308 g/mol. The Kier molecular flexibility index (Phi) is 3.75. The van der Waals surface area contributed by atoms with Crippen molar-refractivity contribution < 1.29 is 14.3 Å². The van der Waals surface area contributed by atoms with Gasteiger partial charge in [-0.3, -0.25) is 9.59 Å². The van der Waals surface area contributed by atoms with Gasteiger partial charge in [-0.05, 0) is 25.5 Å². The third-order valence-electron chi connectivity index (χ3n) is 4.37. The summed E-state index contributed by atoms with van der Waals surface area (Å²) in [5.74, 6) is 0.199. The molecule has 1 aromatic rings. The van der Waals surface area contributed by atoms with Gasteiger partial charge in [0.2, 0.25) is 11.8 Å². The molecule has 3 rings (SSSR count). The molecule has 1 spiro atoms. The first kappa shape index (κ1) is 14.5. The summed E-state index contributed by atoms with van der Waals surface area (Å²) in [7, 11) is 1.53. The van der Waals surface area contributed by atoms with Crippen LogP contribution in [-0.4, -0.2) is 50.1 Å². The maximum Gasteiger partial charge on any atom is 0.248 e. The molecule has 0 N–H and O–H groups in total. The lowest BCUT2D eigenvalue weighted by Gasteiger charge is -2.23. The molecular formula is C15H20N2O3S. The van der Waals surface area contributed by atoms with Gasteiger partial charge < -0.3 is 14.5 Å². The van der Waals surface area contributed by atoms with Crippen LogP contribution >= 0.6 is 11.3 Å². The zero-order chi connectivity index (χ0) is 15.0. The van der Waals surface area contributed by atoms with Crippen molar-refractivity contribution in [3.63, 3.8) is 0 Å². The van der Waals surface area contributed by atoms with Crippen LogP contribution in [0.4, 0.5) is 5.00 Å². The highest BCUT2D eigenvalue weighted by Gasteiger charge is 2.48. The van der Waals surface area contributed by atoms with E-state index < -0.39 is 0 Å². The minimum Gasteiger partial charge on any atom is -0.375 e. The van der Waals surface area contributed by atoms with Gasteiger partial charge in [0.1, 0.15) is 6.61 Å². The number of hydrogen-bond acceptors (Lipinski definition) is 4. The molecule has 21 heavy (non-hydrogen) atoms. The van der Waals surface area contributed by atoms with Crippen LogP contribution in [-0.2, 0) is 14.3 Å². The fraction of sp³-hybridized carbons (Fsp3) is 0.600. The van der Waals surface area contributed by atoms with E-state index in [1.807, 2.05) is 28.9 Å². The highest BCUT2D eigenvalue weighted by molar-refractivity contribution is 7.16. The van der Waals surface area contributed by atoms with Crippen LogP contribution in [0.5, 0.6) is 0 Å². The molecule has 6 heteroatoms. The molecular weight excluding hydrogens is 288 g/mol. The number of nitrogens with zero attached hydrogens (tertiary/aromatic N) is 2. The van der Waals surface area contributed by atoms with E-state index in [2.05, 4.69) is 0 Å². The van der Waals surface area contributed by atoms with E-state index in [1.54, 1.807) is 11.3 Å². The number of aryl methyl sites for hydroxylation is 1. The van der Waals surface area contributed by atoms with Crippen molar-refractivity contribution in [1.82, 2.24) is 4.90 Å². The van der Waals surface area contributed by atoms with Gasteiger partial charge in [-0.2, -0.15) is 0 Å². The van der Waals surface area contributed by atoms with Crippen molar-refractivity contribution in [3.8, 4) is 0 Å². The molecule has 0 radical (unpaired) electrons. The van der Waals surface area contributed by atoms with Crippen LogP contribution in [0.2, 0.25) is 0 Å². The average Bonchev–Trinajstić information content (AvgIpc) is 3.11. The van der Waals surface area contributed by atoms with Crippen LogP contribution in [0, 0.1) is 12.3 Å². The quantitative estimate of drug-likeness (QED) is 0.853. The summed E-state index contributed by atoms with van der Waals surface area (Å²) in [5.41, 5.74) is -0.0711. The Morgan fingerprint density at radius 3 is 2.90 bits per heavy atom. The van der Waals surface area contributed by atoms with E-state index in [4.69, 9.17) is 4.74 Å². The number of carbonyl (C=O) groups is 2. The summed E-state index contributed by atoms with van der Waals surface area (Å²) in [6.45, 7) is 4.29. The fourth-order valence-electron chi connectivity index (χ4n) is 3.30. The molecule has 114 valence electrons. The molecule has 0 aliphatic carbocycles. The number of ether oxygens (including phenoxy) is 1. The summed E-state index contributed by atoms with van der Waals surface area (Å²) in [6.07, 6.45) is 1.44. The lowest BCUT2D eigenvalue weighted by molar-refractivity contribution is -0.134. The lowest BCUT2D eigenvalue weighted by Crippen LogP contribution is -2.35. The van der Waals surface area contributed by atoms with Crippen molar-refractivity contribution in [2.45, 2.75) is 19.8 Å². The second-order valence-corrected chi connectivity index (χ2v) is 7.31. The normalized spacial score (nSPS) is 25.3. The molecule has 3 heterocycles. The van der Waals surface area contributed by atoms with Crippen LogP contribution in [0.1, 0.15) is 17.7 Å². The van der Waals surface area contributed by atoms with Crippen molar-refractivity contribution >= 4 is 28.2 Å². The molecule has 2 aliphatic rings. The van der Waals surface area contributed by atoms with Crippen LogP contribution in [0.15, 0.2) is 12.1 Å². The predicted molar refractivity (Wildman–Crippen MR) is 81.5 cm³/mol. The predicted octanol–water partition coefficient (Wildman–Crippen LogP) is 1.66. The maximum absolute atomic E-state index is 12.4.